The van der Waals surface area contributed by atoms with Gasteiger partial charge in [-0.05, 0) is 32.9 Å². The van der Waals surface area contributed by atoms with Crippen LogP contribution in [0.15, 0.2) is 30.3 Å². The maximum atomic E-state index is 3.42. The van der Waals surface area contributed by atoms with Crippen LogP contribution in [0.2, 0.25) is 0 Å². The highest BCUT2D eigenvalue weighted by molar-refractivity contribution is 5.83. The number of fused-ring (bicyclic) bond motifs is 1. The highest BCUT2D eigenvalue weighted by atomic mass is 15.0. The standard InChI is InChI=1S/C12H16N2/c1-12(2,3)14-11-8-9-6-4-5-7-10(9)13-11/h4-8,13-14H,1-3H3. The Morgan fingerprint density at radius 2 is 1.86 bits per heavy atom. The lowest BCUT2D eigenvalue weighted by Gasteiger charge is -2.20. The lowest BCUT2D eigenvalue weighted by atomic mass is 10.1. The Bertz CT molecular complexity index is 402. The summed E-state index contributed by atoms with van der Waals surface area (Å²) in [6, 6.07) is 10.4. The summed E-state index contributed by atoms with van der Waals surface area (Å²) in [5, 5.41) is 4.66. The smallest absolute Gasteiger partial charge is 0.104 e. The Kier molecular flexibility index (Phi) is 1.99. The third kappa shape index (κ3) is 1.90. The minimum atomic E-state index is 0.0981. The Balaban J connectivity index is 2.36. The third-order valence-electron chi connectivity index (χ3n) is 2.04. The van der Waals surface area contributed by atoms with Gasteiger partial charge in [-0.1, -0.05) is 18.2 Å². The first-order chi connectivity index (χ1) is 6.54. The third-order valence-corrected chi connectivity index (χ3v) is 2.04. The zero-order valence-electron chi connectivity index (χ0n) is 8.89. The number of hydrogen-bond acceptors (Lipinski definition) is 1. The molecule has 0 unspecified atom stereocenters. The number of anilines is 1. The molecular formula is C12H16N2. The number of para-hydroxylation sites is 1. The zero-order valence-corrected chi connectivity index (χ0v) is 8.89. The molecule has 1 aromatic carbocycles. The lowest BCUT2D eigenvalue weighted by molar-refractivity contribution is 0.631. The van der Waals surface area contributed by atoms with Gasteiger partial charge in [0, 0.05) is 16.4 Å². The fraction of sp³-hybridized carbons (Fsp3) is 0.333. The summed E-state index contributed by atoms with van der Waals surface area (Å²) in [6.07, 6.45) is 0. The lowest BCUT2D eigenvalue weighted by Crippen LogP contribution is -2.26. The molecule has 0 saturated heterocycles. The van der Waals surface area contributed by atoms with Crippen molar-refractivity contribution in [3.05, 3.63) is 30.3 Å². The van der Waals surface area contributed by atoms with Gasteiger partial charge in [-0.2, -0.15) is 0 Å². The van der Waals surface area contributed by atoms with Crippen molar-refractivity contribution < 1.29 is 0 Å². The summed E-state index contributed by atoms with van der Waals surface area (Å²) in [5.74, 6) is 1.08. The molecule has 0 radical (unpaired) electrons. The molecule has 1 aromatic heterocycles. The van der Waals surface area contributed by atoms with Gasteiger partial charge in [0.2, 0.25) is 0 Å². The fourth-order valence-corrected chi connectivity index (χ4v) is 1.54. The van der Waals surface area contributed by atoms with Gasteiger partial charge in [-0.25, -0.2) is 0 Å². The van der Waals surface area contributed by atoms with Crippen LogP contribution in [0, 0.1) is 0 Å². The highest BCUT2D eigenvalue weighted by Crippen LogP contribution is 2.20. The average molecular weight is 188 g/mol. The van der Waals surface area contributed by atoms with E-state index in [2.05, 4.69) is 55.3 Å². The van der Waals surface area contributed by atoms with E-state index in [1.165, 1.54) is 10.9 Å². The molecule has 0 spiro atoms. The van der Waals surface area contributed by atoms with E-state index in [0.29, 0.717) is 0 Å². The first-order valence-corrected chi connectivity index (χ1v) is 4.90. The molecule has 0 amide bonds. The molecule has 0 fully saturated rings. The van der Waals surface area contributed by atoms with E-state index in [-0.39, 0.29) is 5.54 Å². The molecule has 2 heteroatoms. The molecule has 0 aliphatic rings. The maximum Gasteiger partial charge on any atom is 0.104 e. The van der Waals surface area contributed by atoms with Gasteiger partial charge in [-0.15, -0.1) is 0 Å². The van der Waals surface area contributed by atoms with Crippen LogP contribution in [0.3, 0.4) is 0 Å². The molecule has 74 valence electrons. The minimum Gasteiger partial charge on any atom is -0.367 e. The average Bonchev–Trinajstić information content (AvgIpc) is 2.42. The van der Waals surface area contributed by atoms with Crippen molar-refractivity contribution in [2.75, 3.05) is 5.32 Å². The second-order valence-electron chi connectivity index (χ2n) is 4.65. The molecule has 1 heterocycles. The van der Waals surface area contributed by atoms with E-state index in [0.717, 1.165) is 5.82 Å². The van der Waals surface area contributed by atoms with E-state index in [1.54, 1.807) is 0 Å². The summed E-state index contributed by atoms with van der Waals surface area (Å²) in [7, 11) is 0. The van der Waals surface area contributed by atoms with Gasteiger partial charge in [0.25, 0.3) is 0 Å². The maximum absolute atomic E-state index is 3.42. The number of aromatic nitrogens is 1. The van der Waals surface area contributed by atoms with Crippen LogP contribution < -0.4 is 5.32 Å². The molecule has 0 saturated carbocycles. The normalized spacial score (nSPS) is 11.9. The summed E-state index contributed by atoms with van der Waals surface area (Å²) < 4.78 is 0. The Morgan fingerprint density at radius 1 is 1.14 bits per heavy atom. The predicted octanol–water partition coefficient (Wildman–Crippen LogP) is 3.38. The second-order valence-corrected chi connectivity index (χ2v) is 4.65. The van der Waals surface area contributed by atoms with Crippen molar-refractivity contribution in [1.82, 2.24) is 4.98 Å². The summed E-state index contributed by atoms with van der Waals surface area (Å²) in [4.78, 5) is 3.34. The number of benzene rings is 1. The van der Waals surface area contributed by atoms with E-state index < -0.39 is 0 Å². The first kappa shape index (κ1) is 9.13. The number of aromatic amines is 1. The van der Waals surface area contributed by atoms with Crippen molar-refractivity contribution >= 4 is 16.7 Å². The van der Waals surface area contributed by atoms with Gasteiger partial charge in [-0.3, -0.25) is 0 Å². The summed E-state index contributed by atoms with van der Waals surface area (Å²) >= 11 is 0. The Hall–Kier alpha value is -1.44. The van der Waals surface area contributed by atoms with Crippen molar-refractivity contribution in [3.63, 3.8) is 0 Å². The molecule has 0 aliphatic heterocycles. The number of rotatable bonds is 1. The van der Waals surface area contributed by atoms with Crippen LogP contribution in [0.5, 0.6) is 0 Å². The van der Waals surface area contributed by atoms with Crippen LogP contribution in [0.4, 0.5) is 5.82 Å². The topological polar surface area (TPSA) is 27.8 Å². The Labute approximate surface area is 84.3 Å². The van der Waals surface area contributed by atoms with E-state index in [1.807, 2.05) is 6.07 Å². The van der Waals surface area contributed by atoms with Crippen molar-refractivity contribution in [2.24, 2.45) is 0 Å². The summed E-state index contributed by atoms with van der Waals surface area (Å²) in [6.45, 7) is 6.45. The van der Waals surface area contributed by atoms with E-state index in [9.17, 15) is 0 Å². The predicted molar refractivity (Wildman–Crippen MR) is 61.7 cm³/mol. The molecule has 2 N–H and O–H groups in total. The molecule has 0 bridgehead atoms. The van der Waals surface area contributed by atoms with Crippen LogP contribution in [0.1, 0.15) is 20.8 Å². The quantitative estimate of drug-likeness (QED) is 0.705. The SMILES string of the molecule is CC(C)(C)Nc1cc2ccccc2[nH]1. The van der Waals surface area contributed by atoms with Crippen LogP contribution in [-0.2, 0) is 0 Å². The fourth-order valence-electron chi connectivity index (χ4n) is 1.54. The largest absolute Gasteiger partial charge is 0.367 e. The van der Waals surface area contributed by atoms with E-state index >= 15 is 0 Å². The molecule has 2 aromatic rings. The van der Waals surface area contributed by atoms with Crippen LogP contribution in [-0.4, -0.2) is 10.5 Å². The first-order valence-electron chi connectivity index (χ1n) is 4.90. The van der Waals surface area contributed by atoms with Gasteiger partial charge in [0.15, 0.2) is 0 Å². The molecule has 0 aliphatic carbocycles. The number of hydrogen-bond donors (Lipinski definition) is 2. The van der Waals surface area contributed by atoms with Crippen molar-refractivity contribution in [1.29, 1.82) is 0 Å². The molecular weight excluding hydrogens is 172 g/mol. The van der Waals surface area contributed by atoms with Crippen molar-refractivity contribution in [3.8, 4) is 0 Å². The summed E-state index contributed by atoms with van der Waals surface area (Å²) in [5.41, 5.74) is 1.28. The van der Waals surface area contributed by atoms with Gasteiger partial charge < -0.3 is 10.3 Å². The monoisotopic (exact) mass is 188 g/mol. The minimum absolute atomic E-state index is 0.0981. The van der Waals surface area contributed by atoms with E-state index in [4.69, 9.17) is 0 Å². The van der Waals surface area contributed by atoms with Gasteiger partial charge in [0.1, 0.15) is 5.82 Å². The van der Waals surface area contributed by atoms with Gasteiger partial charge in [0.05, 0.1) is 0 Å². The van der Waals surface area contributed by atoms with Gasteiger partial charge >= 0.3 is 0 Å². The Morgan fingerprint density at radius 3 is 2.50 bits per heavy atom. The molecule has 0 atom stereocenters. The zero-order chi connectivity index (χ0) is 10.2. The molecule has 2 rings (SSSR count). The highest BCUT2D eigenvalue weighted by Gasteiger charge is 2.10. The van der Waals surface area contributed by atoms with Crippen LogP contribution >= 0.6 is 0 Å². The molecule has 14 heavy (non-hydrogen) atoms. The van der Waals surface area contributed by atoms with Crippen LogP contribution in [0.25, 0.3) is 10.9 Å². The second kappa shape index (κ2) is 3.05. The van der Waals surface area contributed by atoms with Crippen molar-refractivity contribution in [2.45, 2.75) is 26.3 Å². The molecule has 2 nitrogen and oxygen atoms in total. The number of H-pyrrole nitrogens is 1. The number of nitrogens with one attached hydrogen (secondary N) is 2.